The number of carbonyl (C=O) groups excluding carboxylic acids is 1. The van der Waals surface area contributed by atoms with E-state index in [0.717, 1.165) is 3.79 Å². The smallest absolute Gasteiger partial charge is 0.252 e. The number of hydrogen-bond acceptors (Lipinski definition) is 4. The second kappa shape index (κ2) is 4.54. The fourth-order valence-corrected chi connectivity index (χ4v) is 2.15. The average Bonchev–Trinajstić information content (AvgIpc) is 2.84. The topological polar surface area (TPSA) is 70.7 Å². The SMILES string of the molecule is O=C(NCc1ncn[nH]1)c1csc(Br)c1. The first-order chi connectivity index (χ1) is 7.25. The van der Waals surface area contributed by atoms with E-state index >= 15 is 0 Å². The number of nitrogens with one attached hydrogen (secondary N) is 2. The molecule has 0 fully saturated rings. The molecule has 0 bridgehead atoms. The zero-order valence-electron chi connectivity index (χ0n) is 7.53. The highest BCUT2D eigenvalue weighted by Gasteiger charge is 2.07. The quantitative estimate of drug-likeness (QED) is 0.900. The molecule has 0 aliphatic heterocycles. The molecule has 1 amide bonds. The third kappa shape index (κ3) is 2.63. The Labute approximate surface area is 98.1 Å². The molecule has 0 radical (unpaired) electrons. The van der Waals surface area contributed by atoms with Gasteiger partial charge >= 0.3 is 0 Å². The molecule has 0 unspecified atom stereocenters. The Balaban J connectivity index is 1.93. The number of rotatable bonds is 3. The van der Waals surface area contributed by atoms with Crippen molar-refractivity contribution in [1.29, 1.82) is 0 Å². The van der Waals surface area contributed by atoms with Crippen molar-refractivity contribution in [3.8, 4) is 0 Å². The van der Waals surface area contributed by atoms with Gasteiger partial charge in [0.25, 0.3) is 5.91 Å². The predicted octanol–water partition coefficient (Wildman–Crippen LogP) is 1.56. The molecule has 0 aliphatic carbocycles. The Morgan fingerprint density at radius 1 is 1.67 bits per heavy atom. The highest BCUT2D eigenvalue weighted by Crippen LogP contribution is 2.20. The summed E-state index contributed by atoms with van der Waals surface area (Å²) in [5.74, 6) is 0.519. The van der Waals surface area contributed by atoms with Crippen molar-refractivity contribution in [2.24, 2.45) is 0 Å². The van der Waals surface area contributed by atoms with Gasteiger partial charge in [0.05, 0.1) is 15.9 Å². The van der Waals surface area contributed by atoms with E-state index in [2.05, 4.69) is 36.4 Å². The second-order valence-corrected chi connectivity index (χ2v) is 5.04. The van der Waals surface area contributed by atoms with Crippen LogP contribution in [0.25, 0.3) is 0 Å². The lowest BCUT2D eigenvalue weighted by atomic mass is 10.3. The molecule has 78 valence electrons. The second-order valence-electron chi connectivity index (χ2n) is 2.75. The summed E-state index contributed by atoms with van der Waals surface area (Å²) in [6, 6.07) is 1.78. The minimum absolute atomic E-state index is 0.117. The molecule has 0 aromatic carbocycles. The summed E-state index contributed by atoms with van der Waals surface area (Å²) in [5, 5.41) is 10.9. The molecule has 2 N–H and O–H groups in total. The summed E-state index contributed by atoms with van der Waals surface area (Å²) in [7, 11) is 0. The monoisotopic (exact) mass is 286 g/mol. The first-order valence-corrected chi connectivity index (χ1v) is 5.79. The molecule has 0 aliphatic rings. The summed E-state index contributed by atoms with van der Waals surface area (Å²) in [6.07, 6.45) is 1.41. The number of halogens is 1. The van der Waals surface area contributed by atoms with Crippen molar-refractivity contribution >= 4 is 33.2 Å². The van der Waals surface area contributed by atoms with Gasteiger partial charge in [0.2, 0.25) is 0 Å². The van der Waals surface area contributed by atoms with E-state index in [1.54, 1.807) is 11.4 Å². The summed E-state index contributed by atoms with van der Waals surface area (Å²) in [5.41, 5.74) is 0.645. The largest absolute Gasteiger partial charge is 0.345 e. The van der Waals surface area contributed by atoms with Gasteiger partial charge < -0.3 is 5.32 Å². The van der Waals surface area contributed by atoms with Gasteiger partial charge in [0, 0.05) is 5.38 Å². The first-order valence-electron chi connectivity index (χ1n) is 4.12. The molecular formula is C8H7BrN4OS. The van der Waals surface area contributed by atoms with Crippen LogP contribution in [-0.2, 0) is 6.54 Å². The van der Waals surface area contributed by atoms with Crippen LogP contribution in [0.2, 0.25) is 0 Å². The van der Waals surface area contributed by atoms with Gasteiger partial charge in [0.15, 0.2) is 0 Å². The maximum atomic E-state index is 11.6. The molecule has 0 atom stereocenters. The molecular weight excluding hydrogens is 280 g/mol. The fourth-order valence-electron chi connectivity index (χ4n) is 1.01. The number of carbonyl (C=O) groups is 1. The highest BCUT2D eigenvalue weighted by atomic mass is 79.9. The summed E-state index contributed by atoms with van der Waals surface area (Å²) >= 11 is 4.78. The molecule has 0 spiro atoms. The van der Waals surface area contributed by atoms with Crippen molar-refractivity contribution in [2.45, 2.75) is 6.54 Å². The summed E-state index contributed by atoms with van der Waals surface area (Å²) in [4.78, 5) is 15.5. The number of hydrogen-bond donors (Lipinski definition) is 2. The molecule has 7 heteroatoms. The van der Waals surface area contributed by atoms with Gasteiger partial charge in [-0.1, -0.05) is 0 Å². The average molecular weight is 287 g/mol. The number of nitrogens with zero attached hydrogens (tertiary/aromatic N) is 2. The summed E-state index contributed by atoms with van der Waals surface area (Å²) < 4.78 is 0.937. The van der Waals surface area contributed by atoms with Crippen LogP contribution in [0, 0.1) is 0 Å². The summed E-state index contributed by atoms with van der Waals surface area (Å²) in [6.45, 7) is 0.353. The number of thiophene rings is 1. The Morgan fingerprint density at radius 3 is 3.13 bits per heavy atom. The van der Waals surface area contributed by atoms with Crippen LogP contribution >= 0.6 is 27.3 Å². The predicted molar refractivity (Wildman–Crippen MR) is 59.6 cm³/mol. The van der Waals surface area contributed by atoms with Crippen molar-refractivity contribution in [3.63, 3.8) is 0 Å². The lowest BCUT2D eigenvalue weighted by Crippen LogP contribution is -2.22. The Hall–Kier alpha value is -1.21. The van der Waals surface area contributed by atoms with Crippen LogP contribution in [0.15, 0.2) is 21.6 Å². The van der Waals surface area contributed by atoms with Crippen LogP contribution < -0.4 is 5.32 Å². The minimum Gasteiger partial charge on any atom is -0.345 e. The van der Waals surface area contributed by atoms with Gasteiger partial charge in [-0.3, -0.25) is 9.89 Å². The van der Waals surface area contributed by atoms with E-state index in [1.165, 1.54) is 17.7 Å². The number of aromatic nitrogens is 3. The van der Waals surface area contributed by atoms with Crippen LogP contribution in [0.4, 0.5) is 0 Å². The Kier molecular flexibility index (Phi) is 3.12. The molecule has 2 aromatic rings. The van der Waals surface area contributed by atoms with Crippen molar-refractivity contribution in [3.05, 3.63) is 32.9 Å². The molecule has 2 aromatic heterocycles. The normalized spacial score (nSPS) is 10.2. The zero-order valence-corrected chi connectivity index (χ0v) is 9.93. The van der Waals surface area contributed by atoms with Crippen LogP contribution in [-0.4, -0.2) is 21.1 Å². The third-order valence-corrected chi connectivity index (χ3v) is 3.22. The number of aromatic amines is 1. The molecule has 0 saturated carbocycles. The van der Waals surface area contributed by atoms with E-state index in [4.69, 9.17) is 0 Å². The van der Waals surface area contributed by atoms with Crippen LogP contribution in [0.1, 0.15) is 16.2 Å². The van der Waals surface area contributed by atoms with E-state index in [1.807, 2.05) is 0 Å². The van der Waals surface area contributed by atoms with E-state index in [0.29, 0.717) is 17.9 Å². The molecule has 5 nitrogen and oxygen atoms in total. The Morgan fingerprint density at radius 2 is 2.53 bits per heavy atom. The van der Waals surface area contributed by atoms with Gasteiger partial charge in [-0.15, -0.1) is 11.3 Å². The minimum atomic E-state index is -0.117. The standard InChI is InChI=1S/C8H7BrN4OS/c9-6-1-5(3-15-6)8(14)10-2-7-11-4-12-13-7/h1,3-4H,2H2,(H,10,14)(H,11,12,13). The van der Waals surface area contributed by atoms with Crippen molar-refractivity contribution in [2.75, 3.05) is 0 Å². The van der Waals surface area contributed by atoms with E-state index < -0.39 is 0 Å². The van der Waals surface area contributed by atoms with Crippen molar-refractivity contribution in [1.82, 2.24) is 20.5 Å². The zero-order chi connectivity index (χ0) is 10.7. The van der Waals surface area contributed by atoms with Gasteiger partial charge in [-0.2, -0.15) is 5.10 Å². The number of amides is 1. The maximum Gasteiger partial charge on any atom is 0.252 e. The first kappa shape index (κ1) is 10.3. The Bertz CT molecular complexity index is 453. The third-order valence-electron chi connectivity index (χ3n) is 1.71. The molecule has 2 rings (SSSR count). The molecule has 15 heavy (non-hydrogen) atoms. The molecule has 2 heterocycles. The van der Waals surface area contributed by atoms with Gasteiger partial charge in [-0.05, 0) is 22.0 Å². The van der Waals surface area contributed by atoms with Crippen molar-refractivity contribution < 1.29 is 4.79 Å². The van der Waals surface area contributed by atoms with Gasteiger partial charge in [0.1, 0.15) is 12.2 Å². The lowest BCUT2D eigenvalue weighted by Gasteiger charge is -1.99. The van der Waals surface area contributed by atoms with Crippen LogP contribution in [0.5, 0.6) is 0 Å². The maximum absolute atomic E-state index is 11.6. The van der Waals surface area contributed by atoms with Crippen LogP contribution in [0.3, 0.4) is 0 Å². The van der Waals surface area contributed by atoms with E-state index in [-0.39, 0.29) is 5.91 Å². The molecule has 0 saturated heterocycles. The fraction of sp³-hybridized carbons (Fsp3) is 0.125. The van der Waals surface area contributed by atoms with Gasteiger partial charge in [-0.25, -0.2) is 4.98 Å². The lowest BCUT2D eigenvalue weighted by molar-refractivity contribution is 0.0950. The number of H-pyrrole nitrogens is 1. The highest BCUT2D eigenvalue weighted by molar-refractivity contribution is 9.11. The van der Waals surface area contributed by atoms with E-state index in [9.17, 15) is 4.79 Å².